The minimum Gasteiger partial charge on any atom is -0.481 e. The second-order valence-electron chi connectivity index (χ2n) is 3.92. The zero-order chi connectivity index (χ0) is 13.8. The van der Waals surface area contributed by atoms with Crippen LogP contribution in [0.15, 0.2) is 36.7 Å². The lowest BCUT2D eigenvalue weighted by Gasteiger charge is -2.14. The summed E-state index contributed by atoms with van der Waals surface area (Å²) in [5, 5.41) is 8.90. The molecule has 1 heterocycles. The number of hydrogen-bond acceptors (Lipinski definition) is 3. The molecule has 0 aliphatic carbocycles. The Labute approximate surface area is 107 Å². The van der Waals surface area contributed by atoms with Gasteiger partial charge in [0.05, 0.1) is 12.3 Å². The van der Waals surface area contributed by atoms with Gasteiger partial charge in [-0.15, -0.1) is 0 Å². The smallest absolute Gasteiger partial charge is 0.304 e. The van der Waals surface area contributed by atoms with E-state index in [-0.39, 0.29) is 17.8 Å². The van der Waals surface area contributed by atoms with Crippen molar-refractivity contribution < 1.29 is 18.7 Å². The Bertz CT molecular complexity index is 590. The highest BCUT2D eigenvalue weighted by Gasteiger charge is 2.23. The molecule has 6 heteroatoms. The van der Waals surface area contributed by atoms with Gasteiger partial charge in [-0.25, -0.2) is 18.7 Å². The van der Waals surface area contributed by atoms with E-state index < -0.39 is 23.5 Å². The van der Waals surface area contributed by atoms with E-state index in [1.54, 1.807) is 6.07 Å². The fourth-order valence-electron chi connectivity index (χ4n) is 1.79. The van der Waals surface area contributed by atoms with Crippen molar-refractivity contribution in [2.24, 2.45) is 0 Å². The summed E-state index contributed by atoms with van der Waals surface area (Å²) in [5.74, 6) is -3.29. The van der Waals surface area contributed by atoms with Gasteiger partial charge in [-0.2, -0.15) is 0 Å². The summed E-state index contributed by atoms with van der Waals surface area (Å²) in [7, 11) is 0. The van der Waals surface area contributed by atoms with E-state index >= 15 is 0 Å². The molecule has 1 aromatic carbocycles. The third-order valence-electron chi connectivity index (χ3n) is 2.61. The van der Waals surface area contributed by atoms with Crippen LogP contribution < -0.4 is 0 Å². The molecule has 4 nitrogen and oxygen atoms in total. The van der Waals surface area contributed by atoms with Crippen LogP contribution >= 0.6 is 0 Å². The number of aromatic nitrogens is 2. The zero-order valence-electron chi connectivity index (χ0n) is 9.75. The van der Waals surface area contributed by atoms with Crippen molar-refractivity contribution in [2.45, 2.75) is 12.3 Å². The maximum atomic E-state index is 13.7. The van der Waals surface area contributed by atoms with Gasteiger partial charge in [0.1, 0.15) is 17.5 Å². The summed E-state index contributed by atoms with van der Waals surface area (Å²) in [5.41, 5.74) is 0.0648. The van der Waals surface area contributed by atoms with E-state index in [0.717, 1.165) is 6.07 Å². The molecule has 1 atom stereocenters. The van der Waals surface area contributed by atoms with Crippen LogP contribution in [-0.2, 0) is 4.79 Å². The second-order valence-corrected chi connectivity index (χ2v) is 3.92. The second kappa shape index (κ2) is 5.51. The lowest BCUT2D eigenvalue weighted by atomic mass is 9.94. The van der Waals surface area contributed by atoms with Gasteiger partial charge in [-0.05, 0) is 17.7 Å². The molecule has 0 aliphatic rings. The Morgan fingerprint density at radius 3 is 2.53 bits per heavy atom. The molecule has 19 heavy (non-hydrogen) atoms. The van der Waals surface area contributed by atoms with E-state index in [2.05, 4.69) is 9.97 Å². The minimum absolute atomic E-state index is 0.0648. The molecule has 0 radical (unpaired) electrons. The predicted molar refractivity (Wildman–Crippen MR) is 62.5 cm³/mol. The lowest BCUT2D eigenvalue weighted by molar-refractivity contribution is -0.137. The van der Waals surface area contributed by atoms with Crippen LogP contribution in [0.4, 0.5) is 8.78 Å². The van der Waals surface area contributed by atoms with Crippen LogP contribution in [0.25, 0.3) is 0 Å². The minimum atomic E-state index is -1.11. The normalized spacial score (nSPS) is 12.1. The number of hydrogen-bond donors (Lipinski definition) is 1. The summed E-state index contributed by atoms with van der Waals surface area (Å²) in [6.07, 6.45) is 2.52. The van der Waals surface area contributed by atoms with Crippen molar-refractivity contribution in [2.75, 3.05) is 0 Å². The molecule has 2 rings (SSSR count). The number of halogens is 2. The molecule has 0 spiro atoms. The lowest BCUT2D eigenvalue weighted by Crippen LogP contribution is -2.12. The molecule has 0 aliphatic heterocycles. The summed E-state index contributed by atoms with van der Waals surface area (Å²) >= 11 is 0. The number of carboxylic acid groups (broad SMARTS) is 1. The Balaban J connectivity index is 2.46. The van der Waals surface area contributed by atoms with Crippen LogP contribution in [0, 0.1) is 11.6 Å². The predicted octanol–water partition coefficient (Wildman–Crippen LogP) is 2.36. The number of aliphatic carboxylic acids is 1. The summed E-state index contributed by atoms with van der Waals surface area (Å²) in [6.45, 7) is 0. The molecule has 1 aromatic heterocycles. The van der Waals surface area contributed by atoms with Gasteiger partial charge in [-0.1, -0.05) is 6.07 Å². The Kier molecular flexibility index (Phi) is 3.79. The first-order valence-electron chi connectivity index (χ1n) is 5.51. The molecule has 2 aromatic rings. The van der Waals surface area contributed by atoms with Gasteiger partial charge in [-0.3, -0.25) is 4.79 Å². The van der Waals surface area contributed by atoms with E-state index in [4.69, 9.17) is 5.11 Å². The third-order valence-corrected chi connectivity index (χ3v) is 2.61. The van der Waals surface area contributed by atoms with Crippen LogP contribution in [-0.4, -0.2) is 21.0 Å². The molecule has 0 saturated carbocycles. The molecule has 0 saturated heterocycles. The van der Waals surface area contributed by atoms with Crippen molar-refractivity contribution in [3.05, 3.63) is 59.7 Å². The highest BCUT2D eigenvalue weighted by Crippen LogP contribution is 2.27. The fourth-order valence-corrected chi connectivity index (χ4v) is 1.79. The number of rotatable bonds is 4. The van der Waals surface area contributed by atoms with E-state index in [1.165, 1.54) is 18.5 Å². The fraction of sp³-hybridized carbons (Fsp3) is 0.154. The number of carbonyl (C=O) groups is 1. The van der Waals surface area contributed by atoms with Crippen LogP contribution in [0.3, 0.4) is 0 Å². The quantitative estimate of drug-likeness (QED) is 0.920. The van der Waals surface area contributed by atoms with Crippen LogP contribution in [0.2, 0.25) is 0 Å². The Morgan fingerprint density at radius 1 is 1.26 bits per heavy atom. The van der Waals surface area contributed by atoms with Gasteiger partial charge in [0.2, 0.25) is 0 Å². The number of carboxylic acids is 1. The highest BCUT2D eigenvalue weighted by molar-refractivity contribution is 5.68. The zero-order valence-corrected chi connectivity index (χ0v) is 9.75. The standard InChI is InChI=1S/C13H10F2N2O2/c14-8-2-3-9(11(15)6-8)10(7-12(18)19)13-16-4-1-5-17-13/h1-6,10H,7H2,(H,18,19). The molecule has 1 N–H and O–H groups in total. The van der Waals surface area contributed by atoms with Gasteiger partial charge >= 0.3 is 5.97 Å². The van der Waals surface area contributed by atoms with E-state index in [9.17, 15) is 13.6 Å². The van der Waals surface area contributed by atoms with Crippen molar-refractivity contribution in [3.63, 3.8) is 0 Å². The van der Waals surface area contributed by atoms with Crippen LogP contribution in [0.1, 0.15) is 23.7 Å². The first-order valence-corrected chi connectivity index (χ1v) is 5.51. The van der Waals surface area contributed by atoms with Gasteiger partial charge in [0, 0.05) is 18.5 Å². The molecule has 0 bridgehead atoms. The Hall–Kier alpha value is -2.37. The first-order chi connectivity index (χ1) is 9.08. The average molecular weight is 264 g/mol. The molecular formula is C13H10F2N2O2. The summed E-state index contributed by atoms with van der Waals surface area (Å²) in [6, 6.07) is 4.58. The monoisotopic (exact) mass is 264 g/mol. The van der Waals surface area contributed by atoms with Crippen LogP contribution in [0.5, 0.6) is 0 Å². The molecule has 1 unspecified atom stereocenters. The van der Waals surface area contributed by atoms with Gasteiger partial charge < -0.3 is 5.11 Å². The Morgan fingerprint density at radius 2 is 1.95 bits per heavy atom. The largest absolute Gasteiger partial charge is 0.481 e. The third kappa shape index (κ3) is 3.09. The van der Waals surface area contributed by atoms with E-state index in [1.807, 2.05) is 0 Å². The molecular weight excluding hydrogens is 254 g/mol. The first kappa shape index (κ1) is 13.1. The summed E-state index contributed by atoms with van der Waals surface area (Å²) < 4.78 is 26.6. The van der Waals surface area contributed by atoms with Crippen molar-refractivity contribution in [1.82, 2.24) is 9.97 Å². The van der Waals surface area contributed by atoms with Crippen molar-refractivity contribution in [1.29, 1.82) is 0 Å². The van der Waals surface area contributed by atoms with Gasteiger partial charge in [0.15, 0.2) is 0 Å². The highest BCUT2D eigenvalue weighted by atomic mass is 19.1. The average Bonchev–Trinajstić information content (AvgIpc) is 2.37. The number of nitrogens with zero attached hydrogens (tertiary/aromatic N) is 2. The topological polar surface area (TPSA) is 63.1 Å². The van der Waals surface area contributed by atoms with Gasteiger partial charge in [0.25, 0.3) is 0 Å². The van der Waals surface area contributed by atoms with Crippen molar-refractivity contribution >= 4 is 5.97 Å². The van der Waals surface area contributed by atoms with Crippen molar-refractivity contribution in [3.8, 4) is 0 Å². The maximum absolute atomic E-state index is 13.7. The van der Waals surface area contributed by atoms with E-state index in [0.29, 0.717) is 6.07 Å². The maximum Gasteiger partial charge on any atom is 0.304 e. The molecule has 0 amide bonds. The summed E-state index contributed by atoms with van der Waals surface area (Å²) in [4.78, 5) is 18.8. The number of benzene rings is 1. The SMILES string of the molecule is O=C(O)CC(c1ncccn1)c1ccc(F)cc1F. The molecule has 98 valence electrons. The molecule has 0 fully saturated rings.